The molecule has 0 atom stereocenters. The number of aromatic nitrogens is 1. The topological polar surface area (TPSA) is 73.8 Å². The molecule has 9 heteroatoms. The van der Waals surface area contributed by atoms with Crippen LogP contribution in [0.15, 0.2) is 48.7 Å². The number of carbonyl (C=O) groups excluding carboxylic acids is 1. The van der Waals surface area contributed by atoms with Crippen molar-refractivity contribution < 1.29 is 17.6 Å². The van der Waals surface area contributed by atoms with E-state index in [0.717, 1.165) is 16.4 Å². The fourth-order valence-electron chi connectivity index (χ4n) is 2.96. The highest BCUT2D eigenvalue weighted by Gasteiger charge is 2.26. The molecule has 1 aromatic heterocycles. The van der Waals surface area contributed by atoms with Crippen LogP contribution in [0.5, 0.6) is 0 Å². The maximum absolute atomic E-state index is 13.1. The van der Waals surface area contributed by atoms with E-state index < -0.39 is 15.8 Å². The third-order valence-corrected chi connectivity index (χ3v) is 5.54. The number of pyridine rings is 1. The molecule has 0 bridgehead atoms. The molecule has 1 aromatic carbocycles. The van der Waals surface area contributed by atoms with Crippen LogP contribution in [0.1, 0.15) is 0 Å². The van der Waals surface area contributed by atoms with Crippen molar-refractivity contribution in [2.45, 2.75) is 0 Å². The Morgan fingerprint density at radius 3 is 2.33 bits per heavy atom. The van der Waals surface area contributed by atoms with Crippen molar-refractivity contribution >= 4 is 27.4 Å². The number of halogens is 1. The molecule has 0 spiro atoms. The zero-order valence-electron chi connectivity index (χ0n) is 15.0. The molecule has 3 rings (SSSR count). The van der Waals surface area contributed by atoms with Gasteiger partial charge in [-0.2, -0.15) is 0 Å². The summed E-state index contributed by atoms with van der Waals surface area (Å²) < 4.78 is 38.4. The second-order valence-corrected chi connectivity index (χ2v) is 8.21. The van der Waals surface area contributed by atoms with Gasteiger partial charge in [-0.25, -0.2) is 17.8 Å². The number of sulfonamides is 1. The summed E-state index contributed by atoms with van der Waals surface area (Å²) in [5.41, 5.74) is 0.263. The van der Waals surface area contributed by atoms with Crippen molar-refractivity contribution in [2.24, 2.45) is 0 Å². The zero-order chi connectivity index (χ0) is 19.4. The van der Waals surface area contributed by atoms with E-state index in [1.54, 1.807) is 11.1 Å². The molecular weight excluding hydrogens is 371 g/mol. The minimum atomic E-state index is -3.68. The Morgan fingerprint density at radius 1 is 1.11 bits per heavy atom. The normalized spacial score (nSPS) is 14.9. The lowest BCUT2D eigenvalue weighted by Gasteiger charge is -2.36. The van der Waals surface area contributed by atoms with Crippen LogP contribution in [-0.4, -0.2) is 63.2 Å². The molecule has 0 unspecified atom stereocenters. The maximum atomic E-state index is 13.1. The molecule has 2 heterocycles. The molecule has 0 aliphatic carbocycles. The first-order valence-electron chi connectivity index (χ1n) is 8.51. The lowest BCUT2D eigenvalue weighted by Crippen LogP contribution is -2.52. The zero-order valence-corrected chi connectivity index (χ0v) is 15.8. The Kier molecular flexibility index (Phi) is 5.59. The summed E-state index contributed by atoms with van der Waals surface area (Å²) in [5.74, 6) is 0.100. The average molecular weight is 392 g/mol. The summed E-state index contributed by atoms with van der Waals surface area (Å²) in [6.45, 7) is 1.90. The van der Waals surface area contributed by atoms with Crippen molar-refractivity contribution in [3.05, 3.63) is 54.5 Å². The van der Waals surface area contributed by atoms with Crippen LogP contribution in [0.3, 0.4) is 0 Å². The smallest absolute Gasteiger partial charge is 0.243 e. The number of rotatable bonds is 5. The van der Waals surface area contributed by atoms with Crippen molar-refractivity contribution in [3.63, 3.8) is 0 Å². The molecule has 7 nitrogen and oxygen atoms in total. The van der Waals surface area contributed by atoms with Crippen LogP contribution in [0.4, 0.5) is 15.9 Å². The molecule has 1 aliphatic heterocycles. The van der Waals surface area contributed by atoms with Crippen LogP contribution < -0.4 is 9.21 Å². The number of carbonyl (C=O) groups is 1. The first kappa shape index (κ1) is 19.1. The predicted molar refractivity (Wildman–Crippen MR) is 102 cm³/mol. The number of amides is 1. The highest BCUT2D eigenvalue weighted by atomic mass is 32.2. The Hall–Kier alpha value is -2.68. The summed E-state index contributed by atoms with van der Waals surface area (Å²) >= 11 is 0. The van der Waals surface area contributed by atoms with E-state index in [4.69, 9.17) is 0 Å². The molecule has 1 fully saturated rings. The number of nitrogens with zero attached hydrogens (tertiary/aromatic N) is 4. The molecule has 144 valence electrons. The standard InChI is InChI=1S/C18H21FN4O3S/c1-27(25,26)23(16-7-5-15(19)6-8-16)14-18(24)22-12-10-21(11-13-22)17-4-2-3-9-20-17/h2-9H,10-14H2,1H3. The number of piperazine rings is 1. The summed E-state index contributed by atoms with van der Waals surface area (Å²) in [7, 11) is -3.68. The lowest BCUT2D eigenvalue weighted by molar-refractivity contribution is -0.129. The van der Waals surface area contributed by atoms with Crippen LogP contribution in [-0.2, 0) is 14.8 Å². The molecule has 0 saturated carbocycles. The van der Waals surface area contributed by atoms with Gasteiger partial charge >= 0.3 is 0 Å². The molecule has 2 aromatic rings. The van der Waals surface area contributed by atoms with Gasteiger partial charge in [0.15, 0.2) is 0 Å². The summed E-state index contributed by atoms with van der Waals surface area (Å²) in [6.07, 6.45) is 2.75. The van der Waals surface area contributed by atoms with E-state index in [0.29, 0.717) is 26.2 Å². The Balaban J connectivity index is 1.66. The quantitative estimate of drug-likeness (QED) is 0.768. The summed E-state index contributed by atoms with van der Waals surface area (Å²) in [6, 6.07) is 10.7. The summed E-state index contributed by atoms with van der Waals surface area (Å²) in [5, 5.41) is 0. The SMILES string of the molecule is CS(=O)(=O)N(CC(=O)N1CCN(c2ccccn2)CC1)c1ccc(F)cc1. The monoisotopic (exact) mass is 392 g/mol. The van der Waals surface area contributed by atoms with Gasteiger partial charge in [-0.1, -0.05) is 6.07 Å². The number of hydrogen-bond donors (Lipinski definition) is 0. The van der Waals surface area contributed by atoms with Gasteiger partial charge in [-0.15, -0.1) is 0 Å². The minimum absolute atomic E-state index is 0.263. The second-order valence-electron chi connectivity index (χ2n) is 6.30. The Labute approximate surface area is 158 Å². The molecule has 1 saturated heterocycles. The van der Waals surface area contributed by atoms with E-state index in [1.165, 1.54) is 24.3 Å². The Bertz CT molecular complexity index is 883. The highest BCUT2D eigenvalue weighted by Crippen LogP contribution is 2.19. The predicted octanol–water partition coefficient (Wildman–Crippen LogP) is 1.34. The Morgan fingerprint density at radius 2 is 1.78 bits per heavy atom. The van der Waals surface area contributed by atoms with Gasteiger partial charge < -0.3 is 9.80 Å². The molecule has 0 radical (unpaired) electrons. The fourth-order valence-corrected chi connectivity index (χ4v) is 3.81. The number of benzene rings is 1. The molecule has 1 amide bonds. The van der Waals surface area contributed by atoms with Gasteiger partial charge in [0.05, 0.1) is 11.9 Å². The van der Waals surface area contributed by atoms with E-state index in [9.17, 15) is 17.6 Å². The van der Waals surface area contributed by atoms with Crippen LogP contribution in [0.2, 0.25) is 0 Å². The van der Waals surface area contributed by atoms with Gasteiger partial charge in [0, 0.05) is 32.4 Å². The second kappa shape index (κ2) is 7.91. The van der Waals surface area contributed by atoms with Crippen molar-refractivity contribution in [2.75, 3.05) is 48.2 Å². The molecule has 0 N–H and O–H groups in total. The molecular formula is C18H21FN4O3S. The van der Waals surface area contributed by atoms with Gasteiger partial charge in [0.25, 0.3) is 0 Å². The van der Waals surface area contributed by atoms with Gasteiger partial charge in [-0.3, -0.25) is 9.10 Å². The summed E-state index contributed by atoms with van der Waals surface area (Å²) in [4.78, 5) is 20.7. The van der Waals surface area contributed by atoms with E-state index >= 15 is 0 Å². The van der Waals surface area contributed by atoms with Crippen LogP contribution in [0.25, 0.3) is 0 Å². The number of hydrogen-bond acceptors (Lipinski definition) is 5. The fraction of sp³-hybridized carbons (Fsp3) is 0.333. The third-order valence-electron chi connectivity index (χ3n) is 4.40. The van der Waals surface area contributed by atoms with E-state index in [1.807, 2.05) is 18.2 Å². The third kappa shape index (κ3) is 4.73. The van der Waals surface area contributed by atoms with Gasteiger partial charge in [0.1, 0.15) is 18.2 Å². The molecule has 1 aliphatic rings. The largest absolute Gasteiger partial charge is 0.353 e. The van der Waals surface area contributed by atoms with Crippen molar-refractivity contribution in [1.82, 2.24) is 9.88 Å². The van der Waals surface area contributed by atoms with Gasteiger partial charge in [-0.05, 0) is 36.4 Å². The lowest BCUT2D eigenvalue weighted by atomic mass is 10.3. The first-order chi connectivity index (χ1) is 12.8. The maximum Gasteiger partial charge on any atom is 0.243 e. The van der Waals surface area contributed by atoms with Crippen LogP contribution in [0, 0.1) is 5.82 Å². The minimum Gasteiger partial charge on any atom is -0.353 e. The number of anilines is 2. The van der Waals surface area contributed by atoms with E-state index in [2.05, 4.69) is 9.88 Å². The van der Waals surface area contributed by atoms with Crippen LogP contribution >= 0.6 is 0 Å². The average Bonchev–Trinajstić information content (AvgIpc) is 2.67. The van der Waals surface area contributed by atoms with Crippen molar-refractivity contribution in [1.29, 1.82) is 0 Å². The first-order valence-corrected chi connectivity index (χ1v) is 10.4. The molecule has 27 heavy (non-hydrogen) atoms. The van der Waals surface area contributed by atoms with Gasteiger partial charge in [0.2, 0.25) is 15.9 Å². The van der Waals surface area contributed by atoms with Crippen molar-refractivity contribution in [3.8, 4) is 0 Å². The highest BCUT2D eigenvalue weighted by molar-refractivity contribution is 7.92. The van der Waals surface area contributed by atoms with E-state index in [-0.39, 0.29) is 18.1 Å².